The lowest BCUT2D eigenvalue weighted by atomic mass is 10.2. The van der Waals surface area contributed by atoms with Crippen LogP contribution in [0.15, 0.2) is 12.1 Å². The fourth-order valence-corrected chi connectivity index (χ4v) is 2.42. The predicted octanol–water partition coefficient (Wildman–Crippen LogP) is 1.84. The molecule has 0 unspecified atom stereocenters. The number of thiophene rings is 1. The number of rotatable bonds is 3. The first-order chi connectivity index (χ1) is 7.65. The monoisotopic (exact) mass is 259 g/mol. The van der Waals surface area contributed by atoms with Crippen LogP contribution >= 0.6 is 22.9 Å². The van der Waals surface area contributed by atoms with Crippen LogP contribution < -0.4 is 5.32 Å². The van der Waals surface area contributed by atoms with Crippen molar-refractivity contribution < 1.29 is 14.3 Å². The largest absolute Gasteiger partial charge is 0.460 e. The van der Waals surface area contributed by atoms with E-state index < -0.39 is 0 Å². The lowest BCUT2D eigenvalue weighted by Crippen LogP contribution is -2.31. The molecule has 1 aliphatic heterocycles. The second-order valence-electron chi connectivity index (χ2n) is 3.46. The van der Waals surface area contributed by atoms with Crippen LogP contribution in [0, 0.1) is 0 Å². The van der Waals surface area contributed by atoms with Gasteiger partial charge in [-0.15, -0.1) is 11.3 Å². The van der Waals surface area contributed by atoms with Gasteiger partial charge in [0.1, 0.15) is 6.10 Å². The van der Waals surface area contributed by atoms with Gasteiger partial charge in [-0.3, -0.25) is 9.59 Å². The van der Waals surface area contributed by atoms with Gasteiger partial charge in [0.15, 0.2) is 0 Å². The topological polar surface area (TPSA) is 55.4 Å². The number of carbonyl (C=O) groups excluding carboxylic acids is 2. The maximum atomic E-state index is 11.6. The highest BCUT2D eigenvalue weighted by Gasteiger charge is 2.23. The van der Waals surface area contributed by atoms with Crippen molar-refractivity contribution in [2.75, 3.05) is 6.54 Å². The Bertz CT molecular complexity index is 418. The molecule has 1 N–H and O–H groups in total. The second kappa shape index (κ2) is 4.84. The molecule has 1 aromatic rings. The molecule has 2 heterocycles. The third kappa shape index (κ3) is 2.74. The first kappa shape index (κ1) is 11.4. The molecular weight excluding hydrogens is 250 g/mol. The molecule has 1 atom stereocenters. The molecule has 0 aliphatic carbocycles. The van der Waals surface area contributed by atoms with Crippen LogP contribution in [0.3, 0.4) is 0 Å². The first-order valence-electron chi connectivity index (χ1n) is 4.88. The van der Waals surface area contributed by atoms with Crippen LogP contribution in [0.25, 0.3) is 0 Å². The van der Waals surface area contributed by atoms with E-state index in [1.54, 1.807) is 12.1 Å². The lowest BCUT2D eigenvalue weighted by Gasteiger charge is -2.09. The number of halogens is 1. The zero-order valence-corrected chi connectivity index (χ0v) is 9.94. The Morgan fingerprint density at radius 2 is 2.44 bits per heavy atom. The van der Waals surface area contributed by atoms with Crippen molar-refractivity contribution in [3.8, 4) is 0 Å². The Hall–Kier alpha value is -1.07. The molecule has 6 heteroatoms. The Morgan fingerprint density at radius 1 is 1.62 bits per heavy atom. The Balaban J connectivity index is 1.82. The Kier molecular flexibility index (Phi) is 3.46. The van der Waals surface area contributed by atoms with Gasteiger partial charge >= 0.3 is 5.97 Å². The van der Waals surface area contributed by atoms with Gasteiger partial charge in [-0.25, -0.2) is 0 Å². The molecule has 0 spiro atoms. The molecule has 1 amide bonds. The van der Waals surface area contributed by atoms with Crippen LogP contribution in [0.5, 0.6) is 0 Å². The summed E-state index contributed by atoms with van der Waals surface area (Å²) in [4.78, 5) is 23.0. The van der Waals surface area contributed by atoms with Crippen LogP contribution in [-0.2, 0) is 9.53 Å². The highest BCUT2D eigenvalue weighted by atomic mass is 35.5. The number of esters is 1. The summed E-state index contributed by atoms with van der Waals surface area (Å²) in [5.41, 5.74) is 0. The molecule has 1 fully saturated rings. The fourth-order valence-electron chi connectivity index (χ4n) is 1.46. The summed E-state index contributed by atoms with van der Waals surface area (Å²) in [6, 6.07) is 3.35. The Morgan fingerprint density at radius 3 is 3.00 bits per heavy atom. The van der Waals surface area contributed by atoms with Gasteiger partial charge in [0.05, 0.1) is 15.8 Å². The minimum absolute atomic E-state index is 0.181. The SMILES string of the molecule is O=C1CC[C@H](CNC(=O)c2ccc(Cl)s2)O1. The zero-order chi connectivity index (χ0) is 11.5. The summed E-state index contributed by atoms with van der Waals surface area (Å²) >= 11 is 6.94. The van der Waals surface area contributed by atoms with Crippen molar-refractivity contribution in [1.82, 2.24) is 5.32 Å². The normalized spacial score (nSPS) is 19.6. The van der Waals surface area contributed by atoms with Crippen LogP contribution in [0.1, 0.15) is 22.5 Å². The standard InChI is InChI=1S/C10H10ClNO3S/c11-8-3-2-7(16-8)10(14)12-5-6-1-4-9(13)15-6/h2-3,6H,1,4-5H2,(H,12,14)/t6-/m1/s1. The number of hydrogen-bond acceptors (Lipinski definition) is 4. The van der Waals surface area contributed by atoms with Crippen molar-refractivity contribution in [1.29, 1.82) is 0 Å². The number of cyclic esters (lactones) is 1. The molecule has 16 heavy (non-hydrogen) atoms. The van der Waals surface area contributed by atoms with Crippen LogP contribution in [0.2, 0.25) is 4.34 Å². The summed E-state index contributed by atoms with van der Waals surface area (Å²) < 4.78 is 5.56. The molecule has 2 rings (SSSR count). The number of hydrogen-bond donors (Lipinski definition) is 1. The van der Waals surface area contributed by atoms with Crippen LogP contribution in [-0.4, -0.2) is 24.5 Å². The number of carbonyl (C=O) groups is 2. The van der Waals surface area contributed by atoms with Gasteiger partial charge in [-0.1, -0.05) is 11.6 Å². The molecule has 0 saturated carbocycles. The maximum Gasteiger partial charge on any atom is 0.306 e. The first-order valence-corrected chi connectivity index (χ1v) is 6.07. The van der Waals surface area contributed by atoms with Crippen molar-refractivity contribution in [2.45, 2.75) is 18.9 Å². The highest BCUT2D eigenvalue weighted by molar-refractivity contribution is 7.17. The van der Waals surface area contributed by atoms with E-state index in [0.717, 1.165) is 0 Å². The van der Waals surface area contributed by atoms with Crippen molar-refractivity contribution in [3.05, 3.63) is 21.3 Å². The van der Waals surface area contributed by atoms with Gasteiger partial charge in [-0.2, -0.15) is 0 Å². The number of amides is 1. The quantitative estimate of drug-likeness (QED) is 0.843. The second-order valence-corrected chi connectivity index (χ2v) is 5.18. The molecule has 86 valence electrons. The van der Waals surface area contributed by atoms with Crippen molar-refractivity contribution in [3.63, 3.8) is 0 Å². The van der Waals surface area contributed by atoms with Gasteiger partial charge < -0.3 is 10.1 Å². The smallest absolute Gasteiger partial charge is 0.306 e. The third-order valence-corrected chi connectivity index (χ3v) is 3.49. The summed E-state index contributed by atoms with van der Waals surface area (Å²) in [6.45, 7) is 0.361. The number of nitrogens with one attached hydrogen (secondary N) is 1. The molecule has 0 aromatic carbocycles. The van der Waals surface area contributed by atoms with Gasteiger partial charge in [0.2, 0.25) is 0 Å². The van der Waals surface area contributed by atoms with E-state index in [1.807, 2.05) is 0 Å². The van der Waals surface area contributed by atoms with Gasteiger partial charge in [0.25, 0.3) is 5.91 Å². The third-order valence-electron chi connectivity index (χ3n) is 2.26. The summed E-state index contributed by atoms with van der Waals surface area (Å²) in [6.07, 6.45) is 0.919. The summed E-state index contributed by atoms with van der Waals surface area (Å²) in [5.74, 6) is -0.377. The molecule has 1 aromatic heterocycles. The average molecular weight is 260 g/mol. The van der Waals surface area contributed by atoms with E-state index in [-0.39, 0.29) is 18.0 Å². The Labute approximate surface area is 102 Å². The minimum Gasteiger partial charge on any atom is -0.460 e. The summed E-state index contributed by atoms with van der Waals surface area (Å²) in [7, 11) is 0. The average Bonchev–Trinajstić information content (AvgIpc) is 2.84. The molecule has 1 aliphatic rings. The van der Waals surface area contributed by atoms with E-state index in [2.05, 4.69) is 5.32 Å². The molecule has 1 saturated heterocycles. The molecular formula is C10H10ClNO3S. The van der Waals surface area contributed by atoms with E-state index in [0.29, 0.717) is 28.6 Å². The van der Waals surface area contributed by atoms with Gasteiger partial charge in [-0.05, 0) is 18.6 Å². The predicted molar refractivity (Wildman–Crippen MR) is 60.8 cm³/mol. The molecule has 0 radical (unpaired) electrons. The zero-order valence-electron chi connectivity index (χ0n) is 8.36. The fraction of sp³-hybridized carbons (Fsp3) is 0.400. The summed E-state index contributed by atoms with van der Waals surface area (Å²) in [5, 5.41) is 2.71. The molecule has 0 bridgehead atoms. The highest BCUT2D eigenvalue weighted by Crippen LogP contribution is 2.21. The molecule has 4 nitrogen and oxygen atoms in total. The van der Waals surface area contributed by atoms with Gasteiger partial charge in [0, 0.05) is 6.42 Å². The van der Waals surface area contributed by atoms with Crippen molar-refractivity contribution >= 4 is 34.8 Å². The van der Waals surface area contributed by atoms with E-state index in [9.17, 15) is 9.59 Å². The minimum atomic E-state index is -0.196. The van der Waals surface area contributed by atoms with E-state index in [1.165, 1.54) is 11.3 Å². The van der Waals surface area contributed by atoms with E-state index in [4.69, 9.17) is 16.3 Å². The van der Waals surface area contributed by atoms with Crippen LogP contribution in [0.4, 0.5) is 0 Å². The van der Waals surface area contributed by atoms with Crippen molar-refractivity contribution in [2.24, 2.45) is 0 Å². The lowest BCUT2D eigenvalue weighted by molar-refractivity contribution is -0.141. The number of ether oxygens (including phenoxy) is 1. The maximum absolute atomic E-state index is 11.6. The van der Waals surface area contributed by atoms with E-state index >= 15 is 0 Å².